The Hall–Kier alpha value is -0.730. The highest BCUT2D eigenvalue weighted by atomic mass is 35.5. The quantitative estimate of drug-likeness (QED) is 0.815. The summed E-state index contributed by atoms with van der Waals surface area (Å²) in [6, 6.07) is 0. The van der Waals surface area contributed by atoms with E-state index in [0.717, 1.165) is 4.31 Å². The van der Waals surface area contributed by atoms with Crippen LogP contribution in [0.1, 0.15) is 12.6 Å². The summed E-state index contributed by atoms with van der Waals surface area (Å²) in [6.45, 7) is 3.22. The maximum atomic E-state index is 12.5. The minimum Gasteiger partial charge on any atom is -0.273 e. The molecular formula is C10H16ClN3O3S2. The van der Waals surface area contributed by atoms with Gasteiger partial charge in [-0.05, 0) is 20.1 Å². The molecule has 0 radical (unpaired) electrons. The van der Waals surface area contributed by atoms with Crippen molar-refractivity contribution in [3.63, 3.8) is 0 Å². The van der Waals surface area contributed by atoms with E-state index in [1.807, 2.05) is 0 Å². The molecule has 0 N–H and O–H groups in total. The first kappa shape index (κ1) is 16.3. The van der Waals surface area contributed by atoms with Crippen molar-refractivity contribution in [3.05, 3.63) is 10.8 Å². The van der Waals surface area contributed by atoms with Crippen molar-refractivity contribution in [1.82, 2.24) is 14.1 Å². The van der Waals surface area contributed by atoms with Gasteiger partial charge in [0.05, 0.1) is 11.4 Å². The average Bonchev–Trinajstić information content (AvgIpc) is 2.54. The zero-order valence-corrected chi connectivity index (χ0v) is 13.6. The van der Waals surface area contributed by atoms with Gasteiger partial charge in [-0.2, -0.15) is 16.9 Å². The van der Waals surface area contributed by atoms with Crippen molar-refractivity contribution in [2.45, 2.75) is 18.7 Å². The number of rotatable bonds is 5. The molecule has 0 bridgehead atoms. The highest BCUT2D eigenvalue weighted by molar-refractivity contribution is 7.99. The first-order valence-electron chi connectivity index (χ1n) is 5.50. The van der Waals surface area contributed by atoms with Gasteiger partial charge >= 0.3 is 0 Å². The van der Waals surface area contributed by atoms with E-state index < -0.39 is 15.9 Å². The molecule has 1 aromatic heterocycles. The summed E-state index contributed by atoms with van der Waals surface area (Å²) < 4.78 is 27.1. The minimum atomic E-state index is -3.96. The Labute approximate surface area is 122 Å². The largest absolute Gasteiger partial charge is 0.273 e. The lowest BCUT2D eigenvalue weighted by Crippen LogP contribution is -2.38. The van der Waals surface area contributed by atoms with Crippen LogP contribution in [-0.4, -0.2) is 47.0 Å². The Morgan fingerprint density at radius 3 is 2.47 bits per heavy atom. The SMILES string of the molecule is CCN(C(=O)CSC)S(=O)(=O)c1c(C)nn(C)c1Cl. The summed E-state index contributed by atoms with van der Waals surface area (Å²) in [5, 5.41) is 3.97. The Morgan fingerprint density at radius 1 is 1.53 bits per heavy atom. The van der Waals surface area contributed by atoms with Crippen LogP contribution < -0.4 is 0 Å². The summed E-state index contributed by atoms with van der Waals surface area (Å²) >= 11 is 7.23. The highest BCUT2D eigenvalue weighted by Gasteiger charge is 2.33. The Bertz CT molecular complexity index is 583. The molecule has 0 atom stereocenters. The maximum Gasteiger partial charge on any atom is 0.271 e. The number of carbonyl (C=O) groups is 1. The molecule has 6 nitrogen and oxygen atoms in total. The van der Waals surface area contributed by atoms with Gasteiger partial charge in [-0.25, -0.2) is 12.7 Å². The zero-order valence-electron chi connectivity index (χ0n) is 11.2. The molecule has 108 valence electrons. The molecule has 0 saturated heterocycles. The predicted molar refractivity (Wildman–Crippen MR) is 75.9 cm³/mol. The van der Waals surface area contributed by atoms with E-state index in [1.165, 1.54) is 16.4 Å². The van der Waals surface area contributed by atoms with Gasteiger partial charge in [0, 0.05) is 13.6 Å². The van der Waals surface area contributed by atoms with Crippen LogP contribution in [0.4, 0.5) is 0 Å². The lowest BCUT2D eigenvalue weighted by atomic mass is 10.5. The standard InChI is InChI=1S/C10H16ClN3O3S2/c1-5-14(8(15)6-18-4)19(16,17)9-7(2)12-13(3)10(9)11/h5-6H2,1-4H3. The van der Waals surface area contributed by atoms with Gasteiger partial charge in [-0.1, -0.05) is 11.6 Å². The van der Waals surface area contributed by atoms with Crippen LogP contribution in [0.15, 0.2) is 4.90 Å². The maximum absolute atomic E-state index is 12.5. The molecule has 0 aromatic carbocycles. The van der Waals surface area contributed by atoms with Crippen LogP contribution in [0.25, 0.3) is 0 Å². The van der Waals surface area contributed by atoms with Crippen LogP contribution in [0.2, 0.25) is 5.15 Å². The van der Waals surface area contributed by atoms with Gasteiger partial charge in [0.1, 0.15) is 10.0 Å². The molecule has 1 amide bonds. The van der Waals surface area contributed by atoms with Crippen molar-refractivity contribution in [2.75, 3.05) is 18.6 Å². The lowest BCUT2D eigenvalue weighted by Gasteiger charge is -2.20. The number of aryl methyl sites for hydroxylation is 2. The third-order valence-corrected chi connectivity index (χ3v) is 5.61. The highest BCUT2D eigenvalue weighted by Crippen LogP contribution is 2.27. The Morgan fingerprint density at radius 2 is 2.11 bits per heavy atom. The lowest BCUT2D eigenvalue weighted by molar-refractivity contribution is -0.123. The van der Waals surface area contributed by atoms with E-state index in [0.29, 0.717) is 0 Å². The number of amides is 1. The third kappa shape index (κ3) is 3.06. The topological polar surface area (TPSA) is 72.3 Å². The number of nitrogens with zero attached hydrogens (tertiary/aromatic N) is 3. The molecule has 0 aliphatic carbocycles. The van der Waals surface area contributed by atoms with Crippen LogP contribution in [0.5, 0.6) is 0 Å². The average molecular weight is 326 g/mol. The fourth-order valence-electron chi connectivity index (χ4n) is 1.69. The molecule has 0 aliphatic rings. The molecule has 0 saturated carbocycles. The van der Waals surface area contributed by atoms with E-state index in [9.17, 15) is 13.2 Å². The molecular weight excluding hydrogens is 310 g/mol. The second-order valence-corrected chi connectivity index (χ2v) is 6.85. The molecule has 0 spiro atoms. The summed E-state index contributed by atoms with van der Waals surface area (Å²) in [7, 11) is -2.41. The fourth-order valence-corrected chi connectivity index (χ4v) is 4.29. The van der Waals surface area contributed by atoms with Crippen molar-refractivity contribution < 1.29 is 13.2 Å². The smallest absolute Gasteiger partial charge is 0.271 e. The molecule has 19 heavy (non-hydrogen) atoms. The van der Waals surface area contributed by atoms with Crippen molar-refractivity contribution in [1.29, 1.82) is 0 Å². The van der Waals surface area contributed by atoms with E-state index in [4.69, 9.17) is 11.6 Å². The zero-order chi connectivity index (χ0) is 14.8. The van der Waals surface area contributed by atoms with Gasteiger partial charge < -0.3 is 0 Å². The second kappa shape index (κ2) is 6.15. The van der Waals surface area contributed by atoms with E-state index in [-0.39, 0.29) is 28.0 Å². The second-order valence-electron chi connectivity index (χ2n) is 3.83. The fraction of sp³-hybridized carbons (Fsp3) is 0.600. The van der Waals surface area contributed by atoms with E-state index in [1.54, 1.807) is 27.2 Å². The molecule has 9 heteroatoms. The number of thioether (sulfide) groups is 1. The number of hydrogen-bond donors (Lipinski definition) is 0. The first-order chi connectivity index (χ1) is 8.77. The van der Waals surface area contributed by atoms with Gasteiger partial charge in [0.25, 0.3) is 10.0 Å². The first-order valence-corrected chi connectivity index (χ1v) is 8.72. The molecule has 0 fully saturated rings. The number of halogens is 1. The number of aromatic nitrogens is 2. The number of hydrogen-bond acceptors (Lipinski definition) is 5. The molecule has 0 unspecified atom stereocenters. The van der Waals surface area contributed by atoms with E-state index in [2.05, 4.69) is 5.10 Å². The molecule has 1 aromatic rings. The van der Waals surface area contributed by atoms with Gasteiger partial charge in [-0.15, -0.1) is 0 Å². The van der Waals surface area contributed by atoms with Crippen molar-refractivity contribution >= 4 is 39.3 Å². The minimum absolute atomic E-state index is 0.00732. The Kier molecular flexibility index (Phi) is 5.28. The number of sulfonamides is 1. The molecule has 1 rings (SSSR count). The van der Waals surface area contributed by atoms with Crippen molar-refractivity contribution in [3.8, 4) is 0 Å². The third-order valence-electron chi connectivity index (χ3n) is 2.48. The van der Waals surface area contributed by atoms with Crippen LogP contribution in [0, 0.1) is 6.92 Å². The van der Waals surface area contributed by atoms with Crippen LogP contribution >= 0.6 is 23.4 Å². The monoisotopic (exact) mass is 325 g/mol. The molecule has 0 aliphatic heterocycles. The predicted octanol–water partition coefficient (Wildman–Crippen LogP) is 1.28. The summed E-state index contributed by atoms with van der Waals surface area (Å²) in [4.78, 5) is 11.8. The van der Waals surface area contributed by atoms with Gasteiger partial charge in [-0.3, -0.25) is 9.48 Å². The summed E-state index contributed by atoms with van der Waals surface area (Å²) in [5.41, 5.74) is 0.280. The van der Waals surface area contributed by atoms with Crippen LogP contribution in [-0.2, 0) is 21.9 Å². The summed E-state index contributed by atoms with van der Waals surface area (Å²) in [5.74, 6) is -0.362. The van der Waals surface area contributed by atoms with Gasteiger partial charge in [0.2, 0.25) is 5.91 Å². The van der Waals surface area contributed by atoms with E-state index >= 15 is 0 Å². The Balaban J connectivity index is 3.33. The van der Waals surface area contributed by atoms with Crippen molar-refractivity contribution in [2.24, 2.45) is 7.05 Å². The van der Waals surface area contributed by atoms with Gasteiger partial charge in [0.15, 0.2) is 0 Å². The normalized spacial score (nSPS) is 11.6. The summed E-state index contributed by atoms with van der Waals surface area (Å²) in [6.07, 6.45) is 1.74. The van der Waals surface area contributed by atoms with Crippen LogP contribution in [0.3, 0.4) is 0 Å². The molecule has 1 heterocycles. The number of carbonyl (C=O) groups excluding carboxylic acids is 1.